The highest BCUT2D eigenvalue weighted by Crippen LogP contribution is 2.28. The molecule has 0 fully saturated rings. The minimum Gasteiger partial charge on any atom is -0.497 e. The molecule has 134 valence electrons. The van der Waals surface area contributed by atoms with Gasteiger partial charge in [0, 0.05) is 43.2 Å². The largest absolute Gasteiger partial charge is 0.497 e. The normalized spacial score (nSPS) is 14.1. The summed E-state index contributed by atoms with van der Waals surface area (Å²) < 4.78 is 10.8. The van der Waals surface area contributed by atoms with Crippen LogP contribution in [0.1, 0.15) is 17.0 Å². The Labute approximate surface area is 153 Å². The lowest BCUT2D eigenvalue weighted by atomic mass is 10.1. The summed E-state index contributed by atoms with van der Waals surface area (Å²) in [7, 11) is 3.37. The molecule has 0 saturated heterocycles. The maximum Gasteiger partial charge on any atom is 0.137 e. The van der Waals surface area contributed by atoms with E-state index in [-0.39, 0.29) is 0 Å². The van der Waals surface area contributed by atoms with Crippen LogP contribution in [0.5, 0.6) is 11.5 Å². The van der Waals surface area contributed by atoms with Gasteiger partial charge in [-0.1, -0.05) is 36.4 Å². The van der Waals surface area contributed by atoms with Gasteiger partial charge in [-0.05, 0) is 6.07 Å². The Morgan fingerprint density at radius 1 is 1.08 bits per heavy atom. The van der Waals surface area contributed by atoms with E-state index < -0.39 is 0 Å². The first-order valence-electron chi connectivity index (χ1n) is 8.83. The number of nitrogens with one attached hydrogen (secondary N) is 1. The van der Waals surface area contributed by atoms with Gasteiger partial charge in [-0.3, -0.25) is 4.90 Å². The molecule has 0 bridgehead atoms. The second-order valence-corrected chi connectivity index (χ2v) is 6.52. The van der Waals surface area contributed by atoms with Crippen molar-refractivity contribution in [1.29, 1.82) is 0 Å². The van der Waals surface area contributed by atoms with Gasteiger partial charge in [-0.15, -0.1) is 0 Å². The van der Waals surface area contributed by atoms with Crippen molar-refractivity contribution >= 4 is 0 Å². The number of aromatic nitrogens is 2. The van der Waals surface area contributed by atoms with Crippen molar-refractivity contribution in [1.82, 2.24) is 14.9 Å². The smallest absolute Gasteiger partial charge is 0.137 e. The number of hydrogen-bond acceptors (Lipinski definition) is 4. The van der Waals surface area contributed by atoms with Crippen molar-refractivity contribution < 1.29 is 9.47 Å². The van der Waals surface area contributed by atoms with Gasteiger partial charge in [-0.2, -0.15) is 0 Å². The van der Waals surface area contributed by atoms with E-state index in [0.717, 1.165) is 48.9 Å². The topological polar surface area (TPSA) is 50.4 Å². The van der Waals surface area contributed by atoms with Crippen LogP contribution in [0.4, 0.5) is 0 Å². The molecule has 0 spiro atoms. The zero-order valence-electron chi connectivity index (χ0n) is 15.2. The van der Waals surface area contributed by atoms with Gasteiger partial charge < -0.3 is 14.5 Å². The van der Waals surface area contributed by atoms with Gasteiger partial charge in [-0.25, -0.2) is 4.98 Å². The molecule has 5 nitrogen and oxygen atoms in total. The molecular formula is C21H23N3O2. The lowest BCUT2D eigenvalue weighted by molar-refractivity contribution is 0.237. The molecule has 2 heterocycles. The molecule has 26 heavy (non-hydrogen) atoms. The van der Waals surface area contributed by atoms with Gasteiger partial charge in [0.1, 0.15) is 17.3 Å². The van der Waals surface area contributed by atoms with Crippen LogP contribution in [0.15, 0.2) is 48.5 Å². The minimum atomic E-state index is 0.813. The van der Waals surface area contributed by atoms with Crippen LogP contribution in [-0.4, -0.2) is 35.6 Å². The predicted molar refractivity (Wildman–Crippen MR) is 101 cm³/mol. The molecule has 0 amide bonds. The Kier molecular flexibility index (Phi) is 4.63. The Hall–Kier alpha value is -2.79. The number of benzene rings is 2. The number of nitrogens with zero attached hydrogens (tertiary/aromatic N) is 2. The van der Waals surface area contributed by atoms with Crippen molar-refractivity contribution in [3.8, 4) is 22.9 Å². The average Bonchev–Trinajstić information content (AvgIpc) is 3.12. The van der Waals surface area contributed by atoms with Crippen LogP contribution in [0.25, 0.3) is 11.4 Å². The SMILES string of the molecule is COc1ccc(CN2CCc3nc(-c4ccccc4)[nH]c3C2)c(OC)c1. The van der Waals surface area contributed by atoms with E-state index in [0.29, 0.717) is 0 Å². The molecule has 5 heteroatoms. The highest BCUT2D eigenvalue weighted by atomic mass is 16.5. The molecule has 1 N–H and O–H groups in total. The Bertz CT molecular complexity index is 890. The number of methoxy groups -OCH3 is 2. The summed E-state index contributed by atoms with van der Waals surface area (Å²) in [5.74, 6) is 2.64. The van der Waals surface area contributed by atoms with Crippen molar-refractivity contribution in [2.75, 3.05) is 20.8 Å². The van der Waals surface area contributed by atoms with Crippen LogP contribution < -0.4 is 9.47 Å². The maximum absolute atomic E-state index is 5.53. The van der Waals surface area contributed by atoms with Gasteiger partial charge in [0.15, 0.2) is 0 Å². The quantitative estimate of drug-likeness (QED) is 0.764. The molecule has 1 aliphatic rings. The summed E-state index contributed by atoms with van der Waals surface area (Å²) in [6.45, 7) is 2.69. The number of aromatic amines is 1. The molecule has 2 aromatic carbocycles. The van der Waals surface area contributed by atoms with E-state index in [9.17, 15) is 0 Å². The second kappa shape index (κ2) is 7.22. The summed E-state index contributed by atoms with van der Waals surface area (Å²) in [4.78, 5) is 10.7. The lowest BCUT2D eigenvalue weighted by Gasteiger charge is -2.26. The lowest BCUT2D eigenvalue weighted by Crippen LogP contribution is -2.30. The van der Waals surface area contributed by atoms with Gasteiger partial charge in [0.25, 0.3) is 0 Å². The summed E-state index contributed by atoms with van der Waals surface area (Å²) in [5, 5.41) is 0. The highest BCUT2D eigenvalue weighted by molar-refractivity contribution is 5.55. The Morgan fingerprint density at radius 3 is 2.69 bits per heavy atom. The fraction of sp³-hybridized carbons (Fsp3) is 0.286. The predicted octanol–water partition coefficient (Wildman–Crippen LogP) is 3.65. The first-order chi connectivity index (χ1) is 12.8. The zero-order chi connectivity index (χ0) is 17.9. The Balaban J connectivity index is 1.51. The molecular weight excluding hydrogens is 326 g/mol. The Morgan fingerprint density at radius 2 is 1.92 bits per heavy atom. The number of hydrogen-bond donors (Lipinski definition) is 1. The summed E-state index contributed by atoms with van der Waals surface area (Å²) in [6, 6.07) is 16.3. The van der Waals surface area contributed by atoms with E-state index in [1.165, 1.54) is 17.0 Å². The third kappa shape index (κ3) is 3.30. The number of H-pyrrole nitrogens is 1. The maximum atomic E-state index is 5.53. The highest BCUT2D eigenvalue weighted by Gasteiger charge is 2.21. The molecule has 0 unspecified atom stereocenters. The van der Waals surface area contributed by atoms with Gasteiger partial charge in [0.2, 0.25) is 0 Å². The fourth-order valence-electron chi connectivity index (χ4n) is 3.44. The second-order valence-electron chi connectivity index (χ2n) is 6.52. The van der Waals surface area contributed by atoms with Crippen molar-refractivity contribution in [3.63, 3.8) is 0 Å². The monoisotopic (exact) mass is 349 g/mol. The minimum absolute atomic E-state index is 0.813. The zero-order valence-corrected chi connectivity index (χ0v) is 15.2. The standard InChI is InChI=1S/C21H23N3O2/c1-25-17-9-8-16(20(12-17)26-2)13-24-11-10-18-19(14-24)23-21(22-18)15-6-4-3-5-7-15/h3-9,12H,10-11,13-14H2,1-2H3,(H,22,23). The molecule has 4 rings (SSSR count). The molecule has 1 aliphatic heterocycles. The number of ether oxygens (including phenoxy) is 2. The molecule has 0 aliphatic carbocycles. The van der Waals surface area contributed by atoms with E-state index in [1.807, 2.05) is 30.3 Å². The van der Waals surface area contributed by atoms with E-state index in [1.54, 1.807) is 14.2 Å². The number of fused-ring (bicyclic) bond motifs is 1. The molecule has 3 aromatic rings. The van der Waals surface area contributed by atoms with Crippen LogP contribution in [0, 0.1) is 0 Å². The van der Waals surface area contributed by atoms with Crippen molar-refractivity contribution in [3.05, 3.63) is 65.5 Å². The van der Waals surface area contributed by atoms with Crippen LogP contribution in [-0.2, 0) is 19.5 Å². The fourth-order valence-corrected chi connectivity index (χ4v) is 3.44. The van der Waals surface area contributed by atoms with E-state index >= 15 is 0 Å². The van der Waals surface area contributed by atoms with Gasteiger partial charge >= 0.3 is 0 Å². The van der Waals surface area contributed by atoms with Crippen molar-refractivity contribution in [2.24, 2.45) is 0 Å². The van der Waals surface area contributed by atoms with Gasteiger partial charge in [0.05, 0.1) is 25.6 Å². The van der Waals surface area contributed by atoms with Crippen LogP contribution >= 0.6 is 0 Å². The summed E-state index contributed by atoms with van der Waals surface area (Å²) >= 11 is 0. The third-order valence-corrected chi connectivity index (χ3v) is 4.85. The van der Waals surface area contributed by atoms with Crippen molar-refractivity contribution in [2.45, 2.75) is 19.5 Å². The third-order valence-electron chi connectivity index (χ3n) is 4.85. The van der Waals surface area contributed by atoms with Crippen LogP contribution in [0.2, 0.25) is 0 Å². The molecule has 0 saturated carbocycles. The first-order valence-corrected chi connectivity index (χ1v) is 8.83. The van der Waals surface area contributed by atoms with Crippen LogP contribution in [0.3, 0.4) is 0 Å². The molecule has 0 radical (unpaired) electrons. The average molecular weight is 349 g/mol. The number of rotatable bonds is 5. The first kappa shape index (κ1) is 16.7. The van der Waals surface area contributed by atoms with E-state index in [2.05, 4.69) is 28.1 Å². The molecule has 1 aromatic heterocycles. The van der Waals surface area contributed by atoms with E-state index in [4.69, 9.17) is 14.5 Å². The summed E-state index contributed by atoms with van der Waals surface area (Å²) in [6.07, 6.45) is 0.955. The molecule has 0 atom stereocenters. The summed E-state index contributed by atoms with van der Waals surface area (Å²) in [5.41, 5.74) is 4.69. The number of imidazole rings is 1.